The van der Waals surface area contributed by atoms with Crippen molar-refractivity contribution in [1.29, 1.82) is 0 Å². The fraction of sp³-hybridized carbons (Fsp3) is 0.917. The first-order chi connectivity index (χ1) is 7.70. The van der Waals surface area contributed by atoms with Crippen molar-refractivity contribution in [2.24, 2.45) is 0 Å². The fourth-order valence-corrected chi connectivity index (χ4v) is 3.09. The van der Waals surface area contributed by atoms with Crippen LogP contribution in [0.15, 0.2) is 0 Å². The van der Waals surface area contributed by atoms with E-state index in [9.17, 15) is 4.79 Å². The number of amides is 1. The number of hydrogen-bond donors (Lipinski definition) is 1. The summed E-state index contributed by atoms with van der Waals surface area (Å²) in [5.74, 6) is 1.56. The summed E-state index contributed by atoms with van der Waals surface area (Å²) in [7, 11) is 3.63. The number of nitrogens with one attached hydrogen (secondary N) is 1. The lowest BCUT2D eigenvalue weighted by Crippen LogP contribution is -2.28. The Hall–Kier alpha value is -0.220. The summed E-state index contributed by atoms with van der Waals surface area (Å²) in [5.41, 5.74) is 0. The zero-order valence-electron chi connectivity index (χ0n) is 10.5. The summed E-state index contributed by atoms with van der Waals surface area (Å²) in [6.45, 7) is 2.08. The molecule has 1 N–H and O–H groups in total. The van der Waals surface area contributed by atoms with Crippen LogP contribution in [0.2, 0.25) is 0 Å². The maximum Gasteiger partial charge on any atom is 0.222 e. The van der Waals surface area contributed by atoms with Gasteiger partial charge in [-0.1, -0.05) is 6.42 Å². The predicted octanol–water partition coefficient (Wildman–Crippen LogP) is 1.73. The third-order valence-electron chi connectivity index (χ3n) is 2.89. The quantitative estimate of drug-likeness (QED) is 0.722. The van der Waals surface area contributed by atoms with Gasteiger partial charge >= 0.3 is 0 Å². The van der Waals surface area contributed by atoms with E-state index in [2.05, 4.69) is 17.1 Å². The molecular weight excluding hydrogens is 220 g/mol. The summed E-state index contributed by atoms with van der Waals surface area (Å²) >= 11 is 2.09. The zero-order valence-corrected chi connectivity index (χ0v) is 11.3. The molecule has 1 aliphatic rings. The smallest absolute Gasteiger partial charge is 0.222 e. The second kappa shape index (κ2) is 7.96. The summed E-state index contributed by atoms with van der Waals surface area (Å²) in [5, 5.41) is 4.26. The van der Waals surface area contributed by atoms with Crippen molar-refractivity contribution in [3.8, 4) is 0 Å². The van der Waals surface area contributed by atoms with E-state index in [4.69, 9.17) is 0 Å². The Morgan fingerprint density at radius 2 is 2.25 bits per heavy atom. The molecule has 94 valence electrons. The summed E-state index contributed by atoms with van der Waals surface area (Å²) in [6, 6.07) is 0. The first-order valence-electron chi connectivity index (χ1n) is 6.22. The minimum Gasteiger partial charge on any atom is -0.349 e. The summed E-state index contributed by atoms with van der Waals surface area (Å²) in [4.78, 5) is 13.0. The van der Waals surface area contributed by atoms with Gasteiger partial charge in [0.15, 0.2) is 0 Å². The molecule has 0 aromatic carbocycles. The number of carbonyl (C=O) groups is 1. The first-order valence-corrected chi connectivity index (χ1v) is 7.27. The van der Waals surface area contributed by atoms with Gasteiger partial charge in [0.05, 0.1) is 0 Å². The molecule has 1 heterocycles. The van der Waals surface area contributed by atoms with E-state index in [-0.39, 0.29) is 5.91 Å². The van der Waals surface area contributed by atoms with E-state index in [1.807, 2.05) is 14.1 Å². The lowest BCUT2D eigenvalue weighted by molar-refractivity contribution is -0.128. The van der Waals surface area contributed by atoms with E-state index in [0.717, 1.165) is 24.8 Å². The molecule has 0 saturated carbocycles. The summed E-state index contributed by atoms with van der Waals surface area (Å²) in [6.07, 6.45) is 5.75. The van der Waals surface area contributed by atoms with Crippen molar-refractivity contribution in [2.75, 3.05) is 32.9 Å². The molecule has 0 aliphatic carbocycles. The Morgan fingerprint density at radius 3 is 2.88 bits per heavy atom. The van der Waals surface area contributed by atoms with Crippen LogP contribution in [0.3, 0.4) is 0 Å². The number of carbonyl (C=O) groups excluding carboxylic acids is 1. The molecule has 0 bridgehead atoms. The molecule has 4 heteroatoms. The van der Waals surface area contributed by atoms with Crippen LogP contribution in [-0.4, -0.2) is 49.0 Å². The van der Waals surface area contributed by atoms with Crippen LogP contribution in [0.4, 0.5) is 0 Å². The van der Waals surface area contributed by atoms with Crippen molar-refractivity contribution < 1.29 is 4.79 Å². The van der Waals surface area contributed by atoms with E-state index < -0.39 is 0 Å². The molecule has 0 spiro atoms. The molecule has 1 saturated heterocycles. The van der Waals surface area contributed by atoms with Crippen LogP contribution in [0.5, 0.6) is 0 Å². The van der Waals surface area contributed by atoms with Gasteiger partial charge in [0.25, 0.3) is 0 Å². The maximum atomic E-state index is 11.3. The van der Waals surface area contributed by atoms with Crippen LogP contribution >= 0.6 is 11.8 Å². The highest BCUT2D eigenvalue weighted by atomic mass is 32.2. The molecule has 1 fully saturated rings. The van der Waals surface area contributed by atoms with Crippen LogP contribution in [-0.2, 0) is 4.79 Å². The Morgan fingerprint density at radius 1 is 1.44 bits per heavy atom. The van der Waals surface area contributed by atoms with Crippen LogP contribution in [0, 0.1) is 0 Å². The number of rotatable bonds is 6. The first kappa shape index (κ1) is 13.8. The van der Waals surface area contributed by atoms with Gasteiger partial charge < -0.3 is 10.2 Å². The van der Waals surface area contributed by atoms with Gasteiger partial charge in [0.1, 0.15) is 0 Å². The Labute approximate surface area is 103 Å². The Kier molecular flexibility index (Phi) is 6.88. The molecule has 0 radical (unpaired) electrons. The Balaban J connectivity index is 1.93. The third kappa shape index (κ3) is 5.75. The number of hydrogen-bond acceptors (Lipinski definition) is 3. The number of nitrogens with zero attached hydrogens (tertiary/aromatic N) is 1. The van der Waals surface area contributed by atoms with Gasteiger partial charge in [-0.3, -0.25) is 4.79 Å². The molecule has 1 atom stereocenters. The van der Waals surface area contributed by atoms with Gasteiger partial charge in [-0.15, -0.1) is 0 Å². The predicted molar refractivity (Wildman–Crippen MR) is 70.9 cm³/mol. The van der Waals surface area contributed by atoms with Crippen LogP contribution in [0.1, 0.15) is 32.1 Å². The average molecular weight is 244 g/mol. The monoisotopic (exact) mass is 244 g/mol. The fourth-order valence-electron chi connectivity index (χ4n) is 1.82. The van der Waals surface area contributed by atoms with Crippen molar-refractivity contribution in [2.45, 2.75) is 37.4 Å². The second-order valence-corrected chi connectivity index (χ2v) is 5.99. The highest BCUT2D eigenvalue weighted by molar-refractivity contribution is 7.99. The molecule has 1 aliphatic heterocycles. The standard InChI is InChI=1S/C12H24N2OS/c1-14(2)12(15)7-5-8-13-10-11-6-3-4-9-16-11/h11,13H,3-10H2,1-2H3. The second-order valence-electron chi connectivity index (χ2n) is 4.58. The van der Waals surface area contributed by atoms with Gasteiger partial charge in [-0.25, -0.2) is 0 Å². The zero-order chi connectivity index (χ0) is 11.8. The molecule has 0 aromatic rings. The largest absolute Gasteiger partial charge is 0.349 e. The van der Waals surface area contributed by atoms with Gasteiger partial charge in [0, 0.05) is 32.3 Å². The SMILES string of the molecule is CN(C)C(=O)CCCNCC1CCCCS1. The molecule has 1 unspecified atom stereocenters. The molecule has 16 heavy (non-hydrogen) atoms. The van der Waals surface area contributed by atoms with E-state index in [0.29, 0.717) is 6.42 Å². The van der Waals surface area contributed by atoms with E-state index in [1.54, 1.807) is 4.90 Å². The van der Waals surface area contributed by atoms with Gasteiger partial charge in [-0.05, 0) is 31.6 Å². The third-order valence-corrected chi connectivity index (χ3v) is 4.29. The topological polar surface area (TPSA) is 32.3 Å². The Bertz CT molecular complexity index is 203. The molecular formula is C12H24N2OS. The molecule has 3 nitrogen and oxygen atoms in total. The normalized spacial score (nSPS) is 20.8. The average Bonchev–Trinajstić information content (AvgIpc) is 2.29. The molecule has 0 aromatic heterocycles. The van der Waals surface area contributed by atoms with E-state index in [1.165, 1.54) is 25.0 Å². The van der Waals surface area contributed by atoms with E-state index >= 15 is 0 Å². The van der Waals surface area contributed by atoms with Gasteiger partial charge in [-0.2, -0.15) is 11.8 Å². The number of thioether (sulfide) groups is 1. The summed E-state index contributed by atoms with van der Waals surface area (Å²) < 4.78 is 0. The minimum absolute atomic E-state index is 0.230. The van der Waals surface area contributed by atoms with Crippen molar-refractivity contribution in [3.05, 3.63) is 0 Å². The van der Waals surface area contributed by atoms with Gasteiger partial charge in [0.2, 0.25) is 5.91 Å². The lowest BCUT2D eigenvalue weighted by atomic mass is 10.2. The highest BCUT2D eigenvalue weighted by Crippen LogP contribution is 2.24. The molecule has 1 amide bonds. The van der Waals surface area contributed by atoms with Crippen LogP contribution in [0.25, 0.3) is 0 Å². The highest BCUT2D eigenvalue weighted by Gasteiger charge is 2.12. The maximum absolute atomic E-state index is 11.3. The van der Waals surface area contributed by atoms with Crippen LogP contribution < -0.4 is 5.32 Å². The van der Waals surface area contributed by atoms with Crippen molar-refractivity contribution in [3.63, 3.8) is 0 Å². The van der Waals surface area contributed by atoms with Crippen molar-refractivity contribution >= 4 is 17.7 Å². The molecule has 1 rings (SSSR count). The lowest BCUT2D eigenvalue weighted by Gasteiger charge is -2.21. The van der Waals surface area contributed by atoms with Crippen molar-refractivity contribution in [1.82, 2.24) is 10.2 Å². The minimum atomic E-state index is 0.230.